The second-order valence-electron chi connectivity index (χ2n) is 19.1. The summed E-state index contributed by atoms with van der Waals surface area (Å²) in [5, 5.41) is 0. The van der Waals surface area contributed by atoms with Gasteiger partial charge < -0.3 is 4.90 Å². The third-order valence-corrected chi connectivity index (χ3v) is 15.5. The number of rotatable bonds is 10. The summed E-state index contributed by atoms with van der Waals surface area (Å²) in [5.41, 5.74) is 24.2. The van der Waals surface area contributed by atoms with Gasteiger partial charge in [0.1, 0.15) is 0 Å². The zero-order valence-corrected chi connectivity index (χ0v) is 39.5. The van der Waals surface area contributed by atoms with Crippen LogP contribution in [0, 0.1) is 0 Å². The highest BCUT2D eigenvalue weighted by molar-refractivity contribution is 5.99. The second-order valence-corrected chi connectivity index (χ2v) is 19.1. The molecule has 0 saturated carbocycles. The molecule has 0 N–H and O–H groups in total. The van der Waals surface area contributed by atoms with E-state index in [0.29, 0.717) is 0 Å². The van der Waals surface area contributed by atoms with Crippen LogP contribution in [0.4, 0.5) is 17.1 Å². The Labute approximate surface area is 417 Å². The predicted octanol–water partition coefficient (Wildman–Crippen LogP) is 17.3. The quantitative estimate of drug-likeness (QED) is 0.124. The van der Waals surface area contributed by atoms with Crippen LogP contribution in [0.5, 0.6) is 0 Å². The summed E-state index contributed by atoms with van der Waals surface area (Å²) in [6.45, 7) is 3.81. The third kappa shape index (κ3) is 6.54. The van der Waals surface area contributed by atoms with E-state index in [2.05, 4.69) is 266 Å². The van der Waals surface area contributed by atoms with Crippen molar-refractivity contribution in [2.24, 2.45) is 0 Å². The molecular formula is C70H51N. The molecule has 0 saturated heterocycles. The first-order valence-electron chi connectivity index (χ1n) is 24.9. The van der Waals surface area contributed by atoms with Crippen LogP contribution in [0.15, 0.2) is 280 Å². The van der Waals surface area contributed by atoms with E-state index < -0.39 is 10.8 Å². The van der Waals surface area contributed by atoms with Gasteiger partial charge >= 0.3 is 0 Å². The lowest BCUT2D eigenvalue weighted by molar-refractivity contribution is 0.623. The number of allylic oxidation sites excluding steroid dienone is 5. The molecule has 1 nitrogen and oxygen atoms in total. The van der Waals surface area contributed by atoms with Gasteiger partial charge in [-0.2, -0.15) is 0 Å². The summed E-state index contributed by atoms with van der Waals surface area (Å²) in [6.07, 6.45) is 11.9. The van der Waals surface area contributed by atoms with Gasteiger partial charge in [-0.3, -0.25) is 0 Å². The van der Waals surface area contributed by atoms with E-state index in [-0.39, 0.29) is 0 Å². The van der Waals surface area contributed by atoms with Crippen molar-refractivity contribution in [3.05, 3.63) is 341 Å². The van der Waals surface area contributed by atoms with Crippen LogP contribution in [0.2, 0.25) is 0 Å². The van der Waals surface area contributed by atoms with E-state index in [1.807, 2.05) is 12.2 Å². The highest BCUT2D eigenvalue weighted by Crippen LogP contribution is 2.66. The smallest absolute Gasteiger partial charge is 0.0720 e. The van der Waals surface area contributed by atoms with Gasteiger partial charge in [0.2, 0.25) is 0 Å². The number of hydrogen-bond acceptors (Lipinski definition) is 1. The Bertz CT molecular complexity index is 3620. The number of anilines is 3. The van der Waals surface area contributed by atoms with Crippen LogP contribution >= 0.6 is 0 Å². The molecule has 0 aliphatic heterocycles. The standard InChI is InChI=1S/C70H51N/c1-2-3-4-5-8-22-49-37-42-56(43-38-49)71(57-44-39-50(40-45-57)51-41-46-59-53(47-51)48-52-23-13-14-28-58(52)59)67-36-21-35-66-68(67)60-29-15-16-30-61(60)70(66)64-33-19-17-31-62(64)69(54-24-9-6-10-25-54,55-26-11-7-12-27-55)63-32-18-20-34-65(63)70/h2-21,23-47H,1,22,48H2/b4-3-,8-5-. The third-order valence-electron chi connectivity index (χ3n) is 15.5. The minimum absolute atomic E-state index is 0.564. The van der Waals surface area contributed by atoms with Crippen LogP contribution in [-0.4, -0.2) is 0 Å². The van der Waals surface area contributed by atoms with Gasteiger partial charge in [0, 0.05) is 16.9 Å². The van der Waals surface area contributed by atoms with Crippen molar-refractivity contribution in [2.45, 2.75) is 23.7 Å². The van der Waals surface area contributed by atoms with Crippen LogP contribution in [0.25, 0.3) is 33.4 Å². The molecule has 0 heterocycles. The van der Waals surface area contributed by atoms with Crippen LogP contribution in [0.1, 0.15) is 61.2 Å². The molecule has 13 rings (SSSR count). The van der Waals surface area contributed by atoms with Crippen molar-refractivity contribution in [3.8, 4) is 33.4 Å². The molecule has 1 heteroatoms. The zero-order valence-electron chi connectivity index (χ0n) is 39.5. The molecule has 0 fully saturated rings. The summed E-state index contributed by atoms with van der Waals surface area (Å²) in [7, 11) is 0. The van der Waals surface area contributed by atoms with Gasteiger partial charge in [0.25, 0.3) is 0 Å². The average molecular weight is 906 g/mol. The van der Waals surface area contributed by atoms with Crippen LogP contribution in [-0.2, 0) is 23.7 Å². The van der Waals surface area contributed by atoms with Gasteiger partial charge in [-0.1, -0.05) is 249 Å². The normalized spacial score (nSPS) is 14.1. The molecule has 336 valence electrons. The van der Waals surface area contributed by atoms with Gasteiger partial charge in [-0.15, -0.1) is 0 Å². The first-order valence-corrected chi connectivity index (χ1v) is 24.9. The van der Waals surface area contributed by atoms with Gasteiger partial charge in [-0.05, 0) is 132 Å². The monoisotopic (exact) mass is 905 g/mol. The lowest BCUT2D eigenvalue weighted by Crippen LogP contribution is -2.44. The fraction of sp³-hybridized carbons (Fsp3) is 0.0571. The Balaban J connectivity index is 1.01. The number of benzene rings is 10. The number of fused-ring (bicyclic) bond motifs is 12. The molecule has 3 aliphatic carbocycles. The molecule has 1 spiro atoms. The molecular weight excluding hydrogens is 855 g/mol. The van der Waals surface area contributed by atoms with Crippen molar-refractivity contribution in [1.29, 1.82) is 0 Å². The van der Waals surface area contributed by atoms with Crippen molar-refractivity contribution in [3.63, 3.8) is 0 Å². The highest BCUT2D eigenvalue weighted by atomic mass is 15.1. The van der Waals surface area contributed by atoms with E-state index >= 15 is 0 Å². The number of hydrogen-bond donors (Lipinski definition) is 0. The fourth-order valence-corrected chi connectivity index (χ4v) is 12.6. The van der Waals surface area contributed by atoms with E-state index in [4.69, 9.17) is 0 Å². The van der Waals surface area contributed by atoms with Crippen LogP contribution < -0.4 is 4.90 Å². The summed E-state index contributed by atoms with van der Waals surface area (Å²) >= 11 is 0. The lowest BCUT2D eigenvalue weighted by Gasteiger charge is -2.50. The SMILES string of the molecule is C=C/C=C\C=C/Cc1ccc(N(c2ccc(-c3ccc4c(c3)Cc3ccccc3-4)cc2)c2cccc3c2-c2ccccc2C32c3ccccc3C(c3ccccc3)(c3ccccc3)c3ccccc32)cc1. The van der Waals surface area contributed by atoms with Crippen molar-refractivity contribution in [2.75, 3.05) is 4.90 Å². The highest BCUT2D eigenvalue weighted by Gasteiger charge is 2.57. The predicted molar refractivity (Wildman–Crippen MR) is 296 cm³/mol. The van der Waals surface area contributed by atoms with Crippen LogP contribution in [0.3, 0.4) is 0 Å². The summed E-state index contributed by atoms with van der Waals surface area (Å²) in [5.74, 6) is 0. The molecule has 10 aromatic rings. The van der Waals surface area contributed by atoms with Gasteiger partial charge in [0.15, 0.2) is 0 Å². The first-order chi connectivity index (χ1) is 35.2. The minimum Gasteiger partial charge on any atom is -0.310 e. The summed E-state index contributed by atoms with van der Waals surface area (Å²) < 4.78 is 0. The van der Waals surface area contributed by atoms with E-state index in [0.717, 1.165) is 29.9 Å². The Morgan fingerprint density at radius 2 is 0.915 bits per heavy atom. The Morgan fingerprint density at radius 3 is 1.56 bits per heavy atom. The first kappa shape index (κ1) is 42.3. The maximum absolute atomic E-state index is 3.81. The molecule has 71 heavy (non-hydrogen) atoms. The minimum atomic E-state index is -0.610. The summed E-state index contributed by atoms with van der Waals surface area (Å²) in [6, 6.07) is 91.4. The summed E-state index contributed by atoms with van der Waals surface area (Å²) in [4.78, 5) is 2.49. The van der Waals surface area contributed by atoms with Gasteiger partial charge in [-0.25, -0.2) is 0 Å². The van der Waals surface area contributed by atoms with E-state index in [1.165, 1.54) is 94.6 Å². The van der Waals surface area contributed by atoms with Crippen molar-refractivity contribution in [1.82, 2.24) is 0 Å². The zero-order chi connectivity index (χ0) is 47.4. The molecule has 0 unspecified atom stereocenters. The molecule has 10 aromatic carbocycles. The van der Waals surface area contributed by atoms with Crippen molar-refractivity contribution >= 4 is 17.1 Å². The average Bonchev–Trinajstić information content (AvgIpc) is 3.96. The maximum Gasteiger partial charge on any atom is 0.0720 e. The molecule has 0 atom stereocenters. The van der Waals surface area contributed by atoms with E-state index in [1.54, 1.807) is 6.08 Å². The molecule has 3 aliphatic rings. The second kappa shape index (κ2) is 17.3. The maximum atomic E-state index is 3.81. The fourth-order valence-electron chi connectivity index (χ4n) is 12.6. The topological polar surface area (TPSA) is 3.24 Å². The Hall–Kier alpha value is -8.78. The Kier molecular flexibility index (Phi) is 10.3. The molecule has 0 radical (unpaired) electrons. The molecule has 0 amide bonds. The van der Waals surface area contributed by atoms with Crippen molar-refractivity contribution < 1.29 is 0 Å². The number of nitrogens with zero attached hydrogens (tertiary/aromatic N) is 1. The van der Waals surface area contributed by atoms with Gasteiger partial charge in [0.05, 0.1) is 16.5 Å². The van der Waals surface area contributed by atoms with E-state index in [9.17, 15) is 0 Å². The lowest BCUT2D eigenvalue weighted by atomic mass is 9.51. The molecule has 0 bridgehead atoms. The Morgan fingerprint density at radius 1 is 0.394 bits per heavy atom. The largest absolute Gasteiger partial charge is 0.310 e. The molecule has 0 aromatic heterocycles.